The Hall–Kier alpha value is -1.69. The minimum atomic E-state index is 0.291. The maximum atomic E-state index is 5.74. The summed E-state index contributed by atoms with van der Waals surface area (Å²) in [6, 6.07) is 0. The van der Waals surface area contributed by atoms with Crippen LogP contribution in [0.25, 0.3) is 11.2 Å². The average Bonchev–Trinajstić information content (AvgIpc) is 3.05. The van der Waals surface area contributed by atoms with Crippen LogP contribution in [-0.2, 0) is 4.74 Å². The van der Waals surface area contributed by atoms with Gasteiger partial charge in [-0.05, 0) is 19.3 Å². The lowest BCUT2D eigenvalue weighted by Crippen LogP contribution is -2.33. The second kappa shape index (κ2) is 5.75. The van der Waals surface area contributed by atoms with Gasteiger partial charge in [-0.3, -0.25) is 0 Å². The van der Waals surface area contributed by atoms with Crippen molar-refractivity contribution >= 4 is 17.0 Å². The molecule has 108 valence electrons. The van der Waals surface area contributed by atoms with E-state index in [-0.39, 0.29) is 0 Å². The first-order valence-electron chi connectivity index (χ1n) is 7.22. The molecule has 1 aliphatic heterocycles. The Morgan fingerprint density at radius 3 is 3.05 bits per heavy atom. The highest BCUT2D eigenvalue weighted by Gasteiger charge is 2.22. The van der Waals surface area contributed by atoms with Gasteiger partial charge < -0.3 is 14.1 Å². The highest BCUT2D eigenvalue weighted by Crippen LogP contribution is 2.24. The standard InChI is InChI=1S/C14H20N4O2/c1-3-6-18(8-11-5-4-7-19-11)13-12-14(16-9-15-13)20-10(2)17-12/h9,11H,3-8H2,1-2H3/t11-/m0/s1. The number of aryl methyl sites for hydroxylation is 1. The number of ether oxygens (including phenoxy) is 1. The number of anilines is 1. The lowest BCUT2D eigenvalue weighted by molar-refractivity contribution is 0.115. The highest BCUT2D eigenvalue weighted by atomic mass is 16.5. The lowest BCUT2D eigenvalue weighted by Gasteiger charge is -2.25. The monoisotopic (exact) mass is 276 g/mol. The zero-order valence-corrected chi connectivity index (χ0v) is 12.0. The van der Waals surface area contributed by atoms with Crippen LogP contribution in [0.4, 0.5) is 5.82 Å². The van der Waals surface area contributed by atoms with Gasteiger partial charge in [0.25, 0.3) is 5.71 Å². The summed E-state index contributed by atoms with van der Waals surface area (Å²) in [5.41, 5.74) is 1.30. The average molecular weight is 276 g/mol. The van der Waals surface area contributed by atoms with Gasteiger partial charge >= 0.3 is 0 Å². The summed E-state index contributed by atoms with van der Waals surface area (Å²) in [7, 11) is 0. The summed E-state index contributed by atoms with van der Waals surface area (Å²) in [5.74, 6) is 1.47. The number of hydrogen-bond donors (Lipinski definition) is 0. The second-order valence-corrected chi connectivity index (χ2v) is 5.16. The molecule has 1 saturated heterocycles. The first-order valence-corrected chi connectivity index (χ1v) is 7.22. The van der Waals surface area contributed by atoms with E-state index in [4.69, 9.17) is 9.15 Å². The Morgan fingerprint density at radius 2 is 2.30 bits per heavy atom. The Balaban J connectivity index is 1.91. The molecule has 0 saturated carbocycles. The van der Waals surface area contributed by atoms with Gasteiger partial charge in [0.05, 0.1) is 6.10 Å². The maximum absolute atomic E-state index is 5.74. The third-order valence-corrected chi connectivity index (χ3v) is 3.52. The Kier molecular flexibility index (Phi) is 3.82. The lowest BCUT2D eigenvalue weighted by atomic mass is 10.2. The van der Waals surface area contributed by atoms with Crippen molar-refractivity contribution in [1.29, 1.82) is 0 Å². The summed E-state index contributed by atoms with van der Waals surface area (Å²) >= 11 is 0. The Bertz CT molecular complexity index is 578. The number of nitrogens with zero attached hydrogens (tertiary/aromatic N) is 4. The summed E-state index contributed by atoms with van der Waals surface area (Å²) in [5, 5.41) is 0. The van der Waals surface area contributed by atoms with Gasteiger partial charge in [-0.25, -0.2) is 9.97 Å². The fourth-order valence-corrected chi connectivity index (χ4v) is 2.67. The van der Waals surface area contributed by atoms with Crippen molar-refractivity contribution in [2.45, 2.75) is 39.2 Å². The van der Waals surface area contributed by atoms with Gasteiger partial charge in [0.1, 0.15) is 6.33 Å². The van der Waals surface area contributed by atoms with Crippen LogP contribution < -0.4 is 4.90 Å². The van der Waals surface area contributed by atoms with Crippen LogP contribution in [0.3, 0.4) is 0 Å². The van der Waals surface area contributed by atoms with Gasteiger partial charge in [0.15, 0.2) is 17.2 Å². The minimum absolute atomic E-state index is 0.291. The Morgan fingerprint density at radius 1 is 1.40 bits per heavy atom. The molecule has 20 heavy (non-hydrogen) atoms. The molecule has 0 N–H and O–H groups in total. The van der Waals surface area contributed by atoms with E-state index < -0.39 is 0 Å². The number of oxazole rings is 1. The summed E-state index contributed by atoms with van der Waals surface area (Å²) < 4.78 is 11.2. The van der Waals surface area contributed by atoms with E-state index in [1.807, 2.05) is 6.92 Å². The van der Waals surface area contributed by atoms with Crippen LogP contribution in [0.2, 0.25) is 0 Å². The molecule has 2 aromatic heterocycles. The molecule has 0 bridgehead atoms. The number of fused-ring (bicyclic) bond motifs is 1. The molecule has 0 aliphatic carbocycles. The molecule has 0 unspecified atom stereocenters. The van der Waals surface area contributed by atoms with Crippen molar-refractivity contribution in [3.05, 3.63) is 12.2 Å². The molecule has 0 aromatic carbocycles. The number of rotatable bonds is 5. The molecule has 0 spiro atoms. The van der Waals surface area contributed by atoms with Gasteiger partial charge in [-0.15, -0.1) is 0 Å². The van der Waals surface area contributed by atoms with Crippen molar-refractivity contribution in [2.75, 3.05) is 24.6 Å². The molecule has 6 nitrogen and oxygen atoms in total. The van der Waals surface area contributed by atoms with E-state index >= 15 is 0 Å². The van der Waals surface area contributed by atoms with Crippen LogP contribution in [0.15, 0.2) is 10.7 Å². The van der Waals surface area contributed by atoms with E-state index in [0.717, 1.165) is 50.3 Å². The van der Waals surface area contributed by atoms with Crippen LogP contribution in [0.5, 0.6) is 0 Å². The van der Waals surface area contributed by atoms with Gasteiger partial charge in [0, 0.05) is 26.6 Å². The highest BCUT2D eigenvalue weighted by molar-refractivity contribution is 5.81. The predicted molar refractivity (Wildman–Crippen MR) is 75.8 cm³/mol. The van der Waals surface area contributed by atoms with E-state index in [2.05, 4.69) is 26.8 Å². The van der Waals surface area contributed by atoms with Crippen LogP contribution in [0, 0.1) is 6.92 Å². The quantitative estimate of drug-likeness (QED) is 0.835. The van der Waals surface area contributed by atoms with Crippen molar-refractivity contribution < 1.29 is 9.15 Å². The third-order valence-electron chi connectivity index (χ3n) is 3.52. The maximum Gasteiger partial charge on any atom is 0.252 e. The van der Waals surface area contributed by atoms with E-state index in [0.29, 0.717) is 17.7 Å². The molecule has 1 fully saturated rings. The third kappa shape index (κ3) is 2.60. The first-order chi connectivity index (χ1) is 9.78. The zero-order valence-electron chi connectivity index (χ0n) is 12.0. The molecule has 1 aliphatic rings. The molecule has 3 heterocycles. The molecule has 2 aromatic rings. The smallest absolute Gasteiger partial charge is 0.252 e. The first kappa shape index (κ1) is 13.3. The predicted octanol–water partition coefficient (Wildman–Crippen LogP) is 2.32. The van der Waals surface area contributed by atoms with Crippen molar-refractivity contribution in [1.82, 2.24) is 15.0 Å². The summed E-state index contributed by atoms with van der Waals surface area (Å²) in [6.45, 7) is 6.64. The van der Waals surface area contributed by atoms with Gasteiger partial charge in [-0.2, -0.15) is 4.98 Å². The summed E-state index contributed by atoms with van der Waals surface area (Å²) in [6.07, 6.45) is 5.15. The SMILES string of the molecule is CCCN(C[C@@H]1CCCO1)c1ncnc2oc(C)nc12. The fourth-order valence-electron chi connectivity index (χ4n) is 2.67. The van der Waals surface area contributed by atoms with Gasteiger partial charge in [0.2, 0.25) is 0 Å². The van der Waals surface area contributed by atoms with E-state index in [9.17, 15) is 0 Å². The van der Waals surface area contributed by atoms with E-state index in [1.165, 1.54) is 0 Å². The fraction of sp³-hybridized carbons (Fsp3) is 0.643. The van der Waals surface area contributed by atoms with Crippen LogP contribution in [-0.4, -0.2) is 40.8 Å². The molecule has 0 radical (unpaired) electrons. The molecule has 6 heteroatoms. The zero-order chi connectivity index (χ0) is 13.9. The molecular weight excluding hydrogens is 256 g/mol. The second-order valence-electron chi connectivity index (χ2n) is 5.16. The number of aromatic nitrogens is 3. The number of hydrogen-bond acceptors (Lipinski definition) is 6. The van der Waals surface area contributed by atoms with E-state index in [1.54, 1.807) is 6.33 Å². The van der Waals surface area contributed by atoms with Gasteiger partial charge in [-0.1, -0.05) is 6.92 Å². The largest absolute Gasteiger partial charge is 0.422 e. The van der Waals surface area contributed by atoms with Crippen molar-refractivity contribution in [3.8, 4) is 0 Å². The molecular formula is C14H20N4O2. The normalized spacial score (nSPS) is 18.8. The Labute approximate surface area is 118 Å². The van der Waals surface area contributed by atoms with Crippen LogP contribution in [0.1, 0.15) is 32.1 Å². The minimum Gasteiger partial charge on any atom is -0.422 e. The molecule has 0 amide bonds. The topological polar surface area (TPSA) is 64.3 Å². The van der Waals surface area contributed by atoms with Crippen molar-refractivity contribution in [3.63, 3.8) is 0 Å². The molecule has 1 atom stereocenters. The summed E-state index contributed by atoms with van der Waals surface area (Å²) in [4.78, 5) is 15.2. The molecule has 3 rings (SSSR count). The van der Waals surface area contributed by atoms with Crippen LogP contribution >= 0.6 is 0 Å². The van der Waals surface area contributed by atoms with Crippen molar-refractivity contribution in [2.24, 2.45) is 0 Å².